The molecule has 1 aliphatic rings. The molecule has 9 heavy (non-hydrogen) atoms. The lowest BCUT2D eigenvalue weighted by Gasteiger charge is -2.32. The van der Waals surface area contributed by atoms with Gasteiger partial charge in [-0.25, -0.2) is 0 Å². The highest BCUT2D eigenvalue weighted by molar-refractivity contribution is 4.80. The summed E-state index contributed by atoms with van der Waals surface area (Å²) in [5.74, 6) is 0. The third kappa shape index (κ3) is 1.68. The van der Waals surface area contributed by atoms with Crippen LogP contribution in [0.2, 0.25) is 0 Å². The molecule has 52 valence electrons. The van der Waals surface area contributed by atoms with Crippen LogP contribution in [0.3, 0.4) is 0 Å². The highest BCUT2D eigenvalue weighted by atomic mass is 14.9. The van der Waals surface area contributed by atoms with Crippen molar-refractivity contribution >= 4 is 0 Å². The SMILES string of the molecule is [CH]CC1(C)CCNCC1. The van der Waals surface area contributed by atoms with Gasteiger partial charge in [-0.1, -0.05) is 6.92 Å². The summed E-state index contributed by atoms with van der Waals surface area (Å²) in [5, 5.41) is 3.32. The molecule has 1 N–H and O–H groups in total. The van der Waals surface area contributed by atoms with E-state index in [4.69, 9.17) is 6.92 Å². The summed E-state index contributed by atoms with van der Waals surface area (Å²) < 4.78 is 0. The largest absolute Gasteiger partial charge is 0.317 e. The molecule has 0 bridgehead atoms. The minimum atomic E-state index is 0.436. The Bertz CT molecular complexity index is 82.6. The zero-order chi connectivity index (χ0) is 6.74. The van der Waals surface area contributed by atoms with Crippen LogP contribution >= 0.6 is 0 Å². The van der Waals surface area contributed by atoms with Crippen molar-refractivity contribution in [2.75, 3.05) is 13.1 Å². The molecule has 0 aromatic heterocycles. The third-order valence-corrected chi connectivity index (χ3v) is 2.30. The standard InChI is InChI=1S/C8H15N/c1-3-8(2)4-6-9-7-5-8/h1,9H,3-7H2,2H3. The van der Waals surface area contributed by atoms with E-state index in [9.17, 15) is 0 Å². The Kier molecular flexibility index (Phi) is 2.12. The van der Waals surface area contributed by atoms with Gasteiger partial charge in [-0.3, -0.25) is 0 Å². The second kappa shape index (κ2) is 2.70. The zero-order valence-corrected chi connectivity index (χ0v) is 6.11. The van der Waals surface area contributed by atoms with Gasteiger partial charge in [0, 0.05) is 0 Å². The molecule has 1 heteroatoms. The van der Waals surface area contributed by atoms with Crippen LogP contribution < -0.4 is 5.32 Å². The summed E-state index contributed by atoms with van der Waals surface area (Å²) in [4.78, 5) is 0. The van der Waals surface area contributed by atoms with E-state index in [2.05, 4.69) is 12.2 Å². The Balaban J connectivity index is 2.37. The number of hydrogen-bond acceptors (Lipinski definition) is 1. The lowest BCUT2D eigenvalue weighted by Crippen LogP contribution is -2.34. The van der Waals surface area contributed by atoms with Crippen LogP contribution in [0.25, 0.3) is 0 Å². The second-order valence-electron chi connectivity index (χ2n) is 3.26. The lowest BCUT2D eigenvalue weighted by atomic mass is 9.79. The van der Waals surface area contributed by atoms with E-state index < -0.39 is 0 Å². The van der Waals surface area contributed by atoms with Crippen LogP contribution in [0, 0.1) is 12.3 Å². The van der Waals surface area contributed by atoms with E-state index in [0.717, 1.165) is 19.5 Å². The number of hydrogen-bond donors (Lipinski definition) is 1. The number of nitrogens with one attached hydrogen (secondary N) is 1. The number of rotatable bonds is 1. The van der Waals surface area contributed by atoms with Gasteiger partial charge in [-0.15, -0.1) is 0 Å². The summed E-state index contributed by atoms with van der Waals surface area (Å²) in [6, 6.07) is 0. The topological polar surface area (TPSA) is 12.0 Å². The summed E-state index contributed by atoms with van der Waals surface area (Å²) in [7, 11) is 0. The first-order chi connectivity index (χ1) is 4.27. The van der Waals surface area contributed by atoms with Gasteiger partial charge in [-0.2, -0.15) is 0 Å². The predicted octanol–water partition coefficient (Wildman–Crippen LogP) is 1.48. The van der Waals surface area contributed by atoms with Crippen LogP contribution in [-0.2, 0) is 0 Å². The van der Waals surface area contributed by atoms with E-state index in [0.29, 0.717) is 5.41 Å². The normalized spacial score (nSPS) is 26.0. The molecule has 1 saturated heterocycles. The smallest absolute Gasteiger partial charge is 0.00437 e. The van der Waals surface area contributed by atoms with Crippen molar-refractivity contribution in [2.24, 2.45) is 5.41 Å². The average Bonchev–Trinajstić information content (AvgIpc) is 1.90. The molecule has 0 amide bonds. The Morgan fingerprint density at radius 1 is 1.44 bits per heavy atom. The highest BCUT2D eigenvalue weighted by Gasteiger charge is 2.23. The van der Waals surface area contributed by atoms with Crippen molar-refractivity contribution in [1.29, 1.82) is 0 Å². The molecule has 2 radical (unpaired) electrons. The van der Waals surface area contributed by atoms with Crippen molar-refractivity contribution in [3.8, 4) is 0 Å². The molecule has 0 saturated carbocycles. The first-order valence-corrected chi connectivity index (χ1v) is 3.68. The van der Waals surface area contributed by atoms with Crippen molar-refractivity contribution in [3.63, 3.8) is 0 Å². The maximum Gasteiger partial charge on any atom is -0.00437 e. The van der Waals surface area contributed by atoms with E-state index >= 15 is 0 Å². The monoisotopic (exact) mass is 125 g/mol. The van der Waals surface area contributed by atoms with E-state index in [1.165, 1.54) is 12.8 Å². The maximum atomic E-state index is 5.61. The van der Waals surface area contributed by atoms with Gasteiger partial charge in [-0.05, 0) is 44.7 Å². The lowest BCUT2D eigenvalue weighted by molar-refractivity contribution is 0.232. The van der Waals surface area contributed by atoms with Crippen LogP contribution in [0.15, 0.2) is 0 Å². The minimum absolute atomic E-state index is 0.436. The molecule has 1 heterocycles. The molecule has 0 aromatic rings. The third-order valence-electron chi connectivity index (χ3n) is 2.30. The minimum Gasteiger partial charge on any atom is -0.317 e. The van der Waals surface area contributed by atoms with Crippen LogP contribution in [0.4, 0.5) is 0 Å². The van der Waals surface area contributed by atoms with Gasteiger partial charge in [0.2, 0.25) is 0 Å². The molecular weight excluding hydrogens is 110 g/mol. The van der Waals surface area contributed by atoms with Crippen LogP contribution in [-0.4, -0.2) is 13.1 Å². The van der Waals surface area contributed by atoms with Gasteiger partial charge in [0.25, 0.3) is 0 Å². The fourth-order valence-corrected chi connectivity index (χ4v) is 1.23. The molecular formula is C8H15N. The molecule has 1 rings (SSSR count). The number of piperidine rings is 1. The molecule has 0 aliphatic carbocycles. The van der Waals surface area contributed by atoms with Crippen molar-refractivity contribution in [1.82, 2.24) is 5.32 Å². The predicted molar refractivity (Wildman–Crippen MR) is 39.1 cm³/mol. The van der Waals surface area contributed by atoms with E-state index in [-0.39, 0.29) is 0 Å². The summed E-state index contributed by atoms with van der Waals surface area (Å²) >= 11 is 0. The highest BCUT2D eigenvalue weighted by Crippen LogP contribution is 2.30. The van der Waals surface area contributed by atoms with Crippen molar-refractivity contribution in [2.45, 2.75) is 26.2 Å². The maximum absolute atomic E-state index is 5.61. The van der Waals surface area contributed by atoms with Gasteiger partial charge < -0.3 is 5.32 Å². The Morgan fingerprint density at radius 2 is 2.00 bits per heavy atom. The summed E-state index contributed by atoms with van der Waals surface area (Å²) in [5.41, 5.74) is 0.436. The average molecular weight is 125 g/mol. The van der Waals surface area contributed by atoms with Crippen molar-refractivity contribution in [3.05, 3.63) is 6.92 Å². The molecule has 1 fully saturated rings. The van der Waals surface area contributed by atoms with Gasteiger partial charge in [0.1, 0.15) is 0 Å². The van der Waals surface area contributed by atoms with Crippen LogP contribution in [0.5, 0.6) is 0 Å². The fraction of sp³-hybridized carbons (Fsp3) is 0.875. The molecule has 0 aromatic carbocycles. The van der Waals surface area contributed by atoms with E-state index in [1.54, 1.807) is 0 Å². The van der Waals surface area contributed by atoms with E-state index in [1.807, 2.05) is 0 Å². The molecule has 1 aliphatic heterocycles. The summed E-state index contributed by atoms with van der Waals surface area (Å²) in [6.45, 7) is 10.2. The van der Waals surface area contributed by atoms with Gasteiger partial charge >= 0.3 is 0 Å². The summed E-state index contributed by atoms with van der Waals surface area (Å²) in [6.07, 6.45) is 3.32. The first-order valence-electron chi connectivity index (χ1n) is 3.68. The van der Waals surface area contributed by atoms with Crippen LogP contribution in [0.1, 0.15) is 26.2 Å². The Hall–Kier alpha value is -0.0400. The quantitative estimate of drug-likeness (QED) is 0.559. The molecule has 1 nitrogen and oxygen atoms in total. The molecule has 0 unspecified atom stereocenters. The molecule has 0 spiro atoms. The van der Waals surface area contributed by atoms with Gasteiger partial charge in [0.05, 0.1) is 0 Å². The second-order valence-corrected chi connectivity index (χ2v) is 3.26. The molecule has 0 atom stereocenters. The zero-order valence-electron chi connectivity index (χ0n) is 6.11. The Morgan fingerprint density at radius 3 is 2.33 bits per heavy atom. The Labute approximate surface area is 57.8 Å². The fourth-order valence-electron chi connectivity index (χ4n) is 1.23. The first kappa shape index (κ1) is 7.07. The van der Waals surface area contributed by atoms with Gasteiger partial charge in [0.15, 0.2) is 0 Å². The van der Waals surface area contributed by atoms with Crippen molar-refractivity contribution < 1.29 is 0 Å².